The molecule has 1 saturated heterocycles. The van der Waals surface area contributed by atoms with E-state index < -0.39 is 10.0 Å². The van der Waals surface area contributed by atoms with Gasteiger partial charge in [-0.15, -0.1) is 0 Å². The van der Waals surface area contributed by atoms with Gasteiger partial charge in [0, 0.05) is 13.1 Å². The number of rotatable bonds is 6. The van der Waals surface area contributed by atoms with Crippen LogP contribution in [0.2, 0.25) is 0 Å². The highest BCUT2D eigenvalue weighted by atomic mass is 79.9. The molecule has 1 heterocycles. The van der Waals surface area contributed by atoms with Crippen LogP contribution in [0, 0.1) is 0 Å². The third kappa shape index (κ3) is 4.67. The van der Waals surface area contributed by atoms with Crippen molar-refractivity contribution in [3.05, 3.63) is 22.7 Å². The fourth-order valence-electron chi connectivity index (χ4n) is 2.42. The molecule has 0 saturated carbocycles. The molecule has 0 amide bonds. The maximum Gasteiger partial charge on any atom is 0.240 e. The fourth-order valence-corrected chi connectivity index (χ4v) is 4.16. The summed E-state index contributed by atoms with van der Waals surface area (Å²) in [4.78, 5) is 2.55. The average molecular weight is 377 g/mol. The number of halogens is 1. The Balaban J connectivity index is 1.93. The molecule has 1 fully saturated rings. The molecule has 1 aromatic rings. The second-order valence-electron chi connectivity index (χ2n) is 5.10. The van der Waals surface area contributed by atoms with Crippen LogP contribution in [0.5, 0.6) is 5.75 Å². The van der Waals surface area contributed by atoms with Gasteiger partial charge in [-0.2, -0.15) is 0 Å². The zero-order valence-electron chi connectivity index (χ0n) is 12.1. The number of ether oxygens (including phenoxy) is 1. The summed E-state index contributed by atoms with van der Waals surface area (Å²) in [5.41, 5.74) is 0. The Morgan fingerprint density at radius 2 is 2.00 bits per heavy atom. The van der Waals surface area contributed by atoms with E-state index in [2.05, 4.69) is 25.6 Å². The number of methoxy groups -OCH3 is 1. The van der Waals surface area contributed by atoms with Crippen LogP contribution in [0.1, 0.15) is 19.3 Å². The van der Waals surface area contributed by atoms with E-state index in [1.807, 2.05) is 0 Å². The predicted octanol–water partition coefficient (Wildman–Crippen LogP) is 2.22. The minimum Gasteiger partial charge on any atom is -0.496 e. The highest BCUT2D eigenvalue weighted by Gasteiger charge is 2.16. The molecule has 0 aromatic heterocycles. The first-order valence-corrected chi connectivity index (χ1v) is 9.36. The molecule has 0 radical (unpaired) electrons. The Hall–Kier alpha value is -0.630. The summed E-state index contributed by atoms with van der Waals surface area (Å²) >= 11 is 3.31. The smallest absolute Gasteiger partial charge is 0.240 e. The van der Waals surface area contributed by atoms with Gasteiger partial charge in [0.2, 0.25) is 10.0 Å². The molecule has 1 aromatic carbocycles. The molecule has 5 nitrogen and oxygen atoms in total. The zero-order chi connectivity index (χ0) is 15.3. The van der Waals surface area contributed by atoms with E-state index in [1.165, 1.54) is 19.3 Å². The van der Waals surface area contributed by atoms with Crippen LogP contribution in [0.15, 0.2) is 27.6 Å². The monoisotopic (exact) mass is 376 g/mol. The van der Waals surface area contributed by atoms with Gasteiger partial charge in [-0.05, 0) is 60.1 Å². The van der Waals surface area contributed by atoms with Crippen molar-refractivity contribution < 1.29 is 13.2 Å². The van der Waals surface area contributed by atoms with E-state index in [9.17, 15) is 8.42 Å². The zero-order valence-corrected chi connectivity index (χ0v) is 14.5. The normalized spacial score (nSPS) is 16.9. The summed E-state index contributed by atoms with van der Waals surface area (Å²) in [6.07, 6.45) is 3.69. The third-order valence-corrected chi connectivity index (χ3v) is 5.68. The Bertz CT molecular complexity index is 572. The minimum atomic E-state index is -3.47. The summed E-state index contributed by atoms with van der Waals surface area (Å²) < 4.78 is 32.9. The first kappa shape index (κ1) is 16.7. The largest absolute Gasteiger partial charge is 0.496 e. The first-order chi connectivity index (χ1) is 10.0. The summed E-state index contributed by atoms with van der Waals surface area (Å²) in [5.74, 6) is 0.613. The van der Waals surface area contributed by atoms with Crippen LogP contribution in [0.3, 0.4) is 0 Å². The number of nitrogens with one attached hydrogen (secondary N) is 1. The van der Waals surface area contributed by atoms with Crippen molar-refractivity contribution in [1.82, 2.24) is 9.62 Å². The Labute approximate surface area is 134 Å². The Morgan fingerprint density at radius 1 is 1.29 bits per heavy atom. The van der Waals surface area contributed by atoms with Crippen LogP contribution >= 0.6 is 15.9 Å². The molecular formula is C14H21BrN2O3S. The second-order valence-corrected chi connectivity index (χ2v) is 7.72. The lowest BCUT2D eigenvalue weighted by atomic mass is 10.1. The van der Waals surface area contributed by atoms with Gasteiger partial charge in [0.15, 0.2) is 0 Å². The molecule has 21 heavy (non-hydrogen) atoms. The van der Waals surface area contributed by atoms with Crippen molar-refractivity contribution in [2.75, 3.05) is 33.3 Å². The van der Waals surface area contributed by atoms with E-state index in [-0.39, 0.29) is 4.90 Å². The molecule has 0 aliphatic carbocycles. The summed E-state index contributed by atoms with van der Waals surface area (Å²) in [6.45, 7) is 3.33. The van der Waals surface area contributed by atoms with Crippen LogP contribution in [-0.2, 0) is 10.0 Å². The predicted molar refractivity (Wildman–Crippen MR) is 86.2 cm³/mol. The average Bonchev–Trinajstić information content (AvgIpc) is 2.48. The molecule has 0 spiro atoms. The van der Waals surface area contributed by atoms with Crippen molar-refractivity contribution in [3.63, 3.8) is 0 Å². The molecular weight excluding hydrogens is 356 g/mol. The van der Waals surface area contributed by atoms with E-state index in [4.69, 9.17) is 4.74 Å². The maximum atomic E-state index is 12.2. The molecule has 1 aliphatic rings. The highest BCUT2D eigenvalue weighted by Crippen LogP contribution is 2.27. The fraction of sp³-hybridized carbons (Fsp3) is 0.571. The SMILES string of the molecule is COc1ccc(S(=O)(=O)NCCN2CCCCC2)cc1Br. The van der Waals surface area contributed by atoms with Gasteiger partial charge in [-0.25, -0.2) is 13.1 Å². The molecule has 0 unspecified atom stereocenters. The quantitative estimate of drug-likeness (QED) is 0.826. The summed E-state index contributed by atoms with van der Waals surface area (Å²) in [5, 5.41) is 0. The summed E-state index contributed by atoms with van der Waals surface area (Å²) in [6, 6.07) is 4.75. The molecule has 0 bridgehead atoms. The molecule has 0 atom stereocenters. The minimum absolute atomic E-state index is 0.244. The third-order valence-electron chi connectivity index (χ3n) is 3.60. The number of piperidine rings is 1. The van der Waals surface area contributed by atoms with Gasteiger partial charge in [-0.3, -0.25) is 0 Å². The van der Waals surface area contributed by atoms with Crippen molar-refractivity contribution >= 4 is 26.0 Å². The number of sulfonamides is 1. The lowest BCUT2D eigenvalue weighted by Crippen LogP contribution is -2.37. The van der Waals surface area contributed by atoms with E-state index in [0.717, 1.165) is 19.6 Å². The number of nitrogens with zero attached hydrogens (tertiary/aromatic N) is 1. The van der Waals surface area contributed by atoms with Gasteiger partial charge in [0.25, 0.3) is 0 Å². The molecule has 1 aliphatic heterocycles. The molecule has 7 heteroatoms. The van der Waals surface area contributed by atoms with Crippen molar-refractivity contribution in [3.8, 4) is 5.75 Å². The topological polar surface area (TPSA) is 58.6 Å². The van der Waals surface area contributed by atoms with E-state index >= 15 is 0 Å². The van der Waals surface area contributed by atoms with Crippen molar-refractivity contribution in [2.24, 2.45) is 0 Å². The highest BCUT2D eigenvalue weighted by molar-refractivity contribution is 9.10. The molecule has 118 valence electrons. The maximum absolute atomic E-state index is 12.2. The standard InChI is InChI=1S/C14H21BrN2O3S/c1-20-14-6-5-12(11-13(14)15)21(18,19)16-7-10-17-8-3-2-4-9-17/h5-6,11,16H,2-4,7-10H2,1H3. The van der Waals surface area contributed by atoms with Gasteiger partial charge in [0.05, 0.1) is 16.5 Å². The van der Waals surface area contributed by atoms with Crippen LogP contribution in [0.4, 0.5) is 0 Å². The van der Waals surface area contributed by atoms with Crippen LogP contribution < -0.4 is 9.46 Å². The van der Waals surface area contributed by atoms with Crippen molar-refractivity contribution in [2.45, 2.75) is 24.2 Å². The van der Waals surface area contributed by atoms with Crippen molar-refractivity contribution in [1.29, 1.82) is 0 Å². The number of hydrogen-bond donors (Lipinski definition) is 1. The number of likely N-dealkylation sites (tertiary alicyclic amines) is 1. The van der Waals surface area contributed by atoms with Crippen LogP contribution in [0.25, 0.3) is 0 Å². The number of hydrogen-bond acceptors (Lipinski definition) is 4. The van der Waals surface area contributed by atoms with Gasteiger partial charge >= 0.3 is 0 Å². The van der Waals surface area contributed by atoms with E-state index in [1.54, 1.807) is 25.3 Å². The molecule has 1 N–H and O–H groups in total. The van der Waals surface area contributed by atoms with Crippen LogP contribution in [-0.4, -0.2) is 46.6 Å². The Kier molecular flexibility index (Phi) is 6.04. The lowest BCUT2D eigenvalue weighted by Gasteiger charge is -2.26. The second kappa shape index (κ2) is 7.58. The van der Waals surface area contributed by atoms with E-state index in [0.29, 0.717) is 16.8 Å². The summed E-state index contributed by atoms with van der Waals surface area (Å²) in [7, 11) is -1.92. The van der Waals surface area contributed by atoms with Gasteiger partial charge in [-0.1, -0.05) is 6.42 Å². The first-order valence-electron chi connectivity index (χ1n) is 7.08. The number of benzene rings is 1. The Morgan fingerprint density at radius 3 is 2.62 bits per heavy atom. The molecule has 2 rings (SSSR count). The lowest BCUT2D eigenvalue weighted by molar-refractivity contribution is 0.233. The van der Waals surface area contributed by atoms with Gasteiger partial charge in [0.1, 0.15) is 5.75 Å². The van der Waals surface area contributed by atoms with Gasteiger partial charge < -0.3 is 9.64 Å².